The van der Waals surface area contributed by atoms with E-state index in [1.807, 2.05) is 44.1 Å². The molecule has 1 aromatic heterocycles. The van der Waals surface area contributed by atoms with E-state index in [4.69, 9.17) is 11.6 Å². The van der Waals surface area contributed by atoms with Crippen LogP contribution in [0.4, 0.5) is 5.95 Å². The number of carbonyl (C=O) groups is 1. The van der Waals surface area contributed by atoms with Crippen molar-refractivity contribution in [1.29, 1.82) is 0 Å². The summed E-state index contributed by atoms with van der Waals surface area (Å²) in [6.45, 7) is 1.90. The SMILES string of the molecule is Cc1cc(SCC(=O)N/N=C\c2cccc(Cl)c2)nc(N(C)C)n1. The molecule has 2 rings (SSSR count). The van der Waals surface area contributed by atoms with E-state index < -0.39 is 0 Å². The lowest BCUT2D eigenvalue weighted by atomic mass is 10.2. The van der Waals surface area contributed by atoms with Crippen LogP contribution in [0.2, 0.25) is 5.02 Å². The fraction of sp³-hybridized carbons (Fsp3) is 0.250. The zero-order chi connectivity index (χ0) is 17.5. The van der Waals surface area contributed by atoms with E-state index >= 15 is 0 Å². The molecule has 6 nitrogen and oxygen atoms in total. The molecular weight excluding hydrogens is 346 g/mol. The number of amides is 1. The van der Waals surface area contributed by atoms with Crippen LogP contribution in [-0.4, -0.2) is 41.9 Å². The number of nitrogens with zero attached hydrogens (tertiary/aromatic N) is 4. The number of carbonyl (C=O) groups excluding carboxylic acids is 1. The van der Waals surface area contributed by atoms with Gasteiger partial charge in [0.25, 0.3) is 0 Å². The second kappa shape index (κ2) is 8.65. The van der Waals surface area contributed by atoms with Gasteiger partial charge in [0.05, 0.1) is 12.0 Å². The Kier molecular flexibility index (Phi) is 6.57. The summed E-state index contributed by atoms with van der Waals surface area (Å²) in [6.07, 6.45) is 1.55. The largest absolute Gasteiger partial charge is 0.347 e. The second-order valence-electron chi connectivity index (χ2n) is 5.18. The molecule has 0 fully saturated rings. The molecule has 1 N–H and O–H groups in total. The Morgan fingerprint density at radius 3 is 2.88 bits per heavy atom. The van der Waals surface area contributed by atoms with Crippen molar-refractivity contribution in [3.8, 4) is 0 Å². The van der Waals surface area contributed by atoms with Gasteiger partial charge in [0, 0.05) is 24.8 Å². The van der Waals surface area contributed by atoms with Crippen molar-refractivity contribution in [2.45, 2.75) is 11.9 Å². The van der Waals surface area contributed by atoms with Crippen LogP contribution in [0.3, 0.4) is 0 Å². The van der Waals surface area contributed by atoms with Crippen LogP contribution in [0, 0.1) is 6.92 Å². The number of aryl methyl sites for hydroxylation is 1. The molecule has 0 bridgehead atoms. The molecule has 24 heavy (non-hydrogen) atoms. The first-order valence-corrected chi connectivity index (χ1v) is 8.53. The van der Waals surface area contributed by atoms with E-state index in [-0.39, 0.29) is 11.7 Å². The van der Waals surface area contributed by atoms with E-state index in [1.165, 1.54) is 11.8 Å². The number of rotatable bonds is 6. The quantitative estimate of drug-likeness (QED) is 0.370. The maximum absolute atomic E-state index is 11.9. The van der Waals surface area contributed by atoms with E-state index in [2.05, 4.69) is 20.5 Å². The molecule has 8 heteroatoms. The summed E-state index contributed by atoms with van der Waals surface area (Å²) in [5.41, 5.74) is 4.16. The molecule has 0 unspecified atom stereocenters. The highest BCUT2D eigenvalue weighted by atomic mass is 35.5. The molecule has 0 aliphatic rings. The Hall–Kier alpha value is -2.12. The molecule has 0 atom stereocenters. The van der Waals surface area contributed by atoms with Crippen LogP contribution >= 0.6 is 23.4 Å². The number of nitrogens with one attached hydrogen (secondary N) is 1. The van der Waals surface area contributed by atoms with Crippen molar-refractivity contribution in [1.82, 2.24) is 15.4 Å². The van der Waals surface area contributed by atoms with Gasteiger partial charge in [0.2, 0.25) is 11.9 Å². The topological polar surface area (TPSA) is 70.5 Å². The smallest absolute Gasteiger partial charge is 0.250 e. The predicted octanol–water partition coefficient (Wildman–Crippen LogP) is 2.75. The maximum Gasteiger partial charge on any atom is 0.250 e. The summed E-state index contributed by atoms with van der Waals surface area (Å²) in [7, 11) is 3.75. The highest BCUT2D eigenvalue weighted by Crippen LogP contribution is 2.18. The first-order chi connectivity index (χ1) is 11.4. The molecule has 1 heterocycles. The van der Waals surface area contributed by atoms with E-state index in [0.717, 1.165) is 16.3 Å². The highest BCUT2D eigenvalue weighted by Gasteiger charge is 2.07. The van der Waals surface area contributed by atoms with Gasteiger partial charge in [0.15, 0.2) is 0 Å². The molecule has 0 aliphatic carbocycles. The summed E-state index contributed by atoms with van der Waals surface area (Å²) >= 11 is 7.22. The number of hydrogen-bond acceptors (Lipinski definition) is 6. The molecule has 0 saturated heterocycles. The number of anilines is 1. The maximum atomic E-state index is 11.9. The standard InChI is InChI=1S/C16H18ClN5OS/c1-11-7-15(20-16(19-11)22(2)3)24-10-14(23)21-18-9-12-5-4-6-13(17)8-12/h4-9H,10H2,1-3H3,(H,21,23)/b18-9-. The van der Waals surface area contributed by atoms with Gasteiger partial charge in [-0.1, -0.05) is 35.5 Å². The minimum absolute atomic E-state index is 0.207. The fourth-order valence-electron chi connectivity index (χ4n) is 1.74. The van der Waals surface area contributed by atoms with Crippen LogP contribution in [-0.2, 0) is 4.79 Å². The minimum atomic E-state index is -0.207. The Morgan fingerprint density at radius 2 is 2.17 bits per heavy atom. The third-order valence-corrected chi connectivity index (χ3v) is 3.97. The summed E-state index contributed by atoms with van der Waals surface area (Å²) in [5, 5.41) is 5.29. The van der Waals surface area contributed by atoms with Crippen LogP contribution in [0.1, 0.15) is 11.3 Å². The van der Waals surface area contributed by atoms with Gasteiger partial charge >= 0.3 is 0 Å². The van der Waals surface area contributed by atoms with Gasteiger partial charge in [-0.3, -0.25) is 4.79 Å². The van der Waals surface area contributed by atoms with Gasteiger partial charge in [-0.05, 0) is 30.7 Å². The lowest BCUT2D eigenvalue weighted by Crippen LogP contribution is -2.20. The molecular formula is C16H18ClN5OS. The summed E-state index contributed by atoms with van der Waals surface area (Å²) < 4.78 is 0. The van der Waals surface area contributed by atoms with Gasteiger partial charge in [-0.25, -0.2) is 15.4 Å². The van der Waals surface area contributed by atoms with Gasteiger partial charge in [0.1, 0.15) is 5.03 Å². The molecule has 1 amide bonds. The third kappa shape index (κ3) is 5.82. The van der Waals surface area contributed by atoms with E-state index in [9.17, 15) is 4.79 Å². The normalized spacial score (nSPS) is 10.8. The van der Waals surface area contributed by atoms with Crippen molar-refractivity contribution in [2.75, 3.05) is 24.7 Å². The Morgan fingerprint density at radius 1 is 1.38 bits per heavy atom. The highest BCUT2D eigenvalue weighted by molar-refractivity contribution is 7.99. The van der Waals surface area contributed by atoms with E-state index in [1.54, 1.807) is 18.3 Å². The molecule has 126 valence electrons. The number of benzene rings is 1. The first-order valence-electron chi connectivity index (χ1n) is 7.17. The van der Waals surface area contributed by atoms with Gasteiger partial charge < -0.3 is 4.90 Å². The van der Waals surface area contributed by atoms with Crippen molar-refractivity contribution < 1.29 is 4.79 Å². The van der Waals surface area contributed by atoms with Gasteiger partial charge in [-0.15, -0.1) is 0 Å². The minimum Gasteiger partial charge on any atom is -0.347 e. The zero-order valence-corrected chi connectivity index (χ0v) is 15.2. The fourth-order valence-corrected chi connectivity index (χ4v) is 2.68. The van der Waals surface area contributed by atoms with Crippen molar-refractivity contribution >= 4 is 41.4 Å². The monoisotopic (exact) mass is 363 g/mol. The lowest BCUT2D eigenvalue weighted by molar-refractivity contribution is -0.118. The van der Waals surface area contributed by atoms with E-state index in [0.29, 0.717) is 11.0 Å². The molecule has 0 radical (unpaired) electrons. The predicted molar refractivity (Wildman–Crippen MR) is 99.0 cm³/mol. The second-order valence-corrected chi connectivity index (χ2v) is 6.61. The average molecular weight is 364 g/mol. The Bertz CT molecular complexity index is 751. The zero-order valence-electron chi connectivity index (χ0n) is 13.7. The van der Waals surface area contributed by atoms with Crippen LogP contribution < -0.4 is 10.3 Å². The van der Waals surface area contributed by atoms with Crippen LogP contribution in [0.25, 0.3) is 0 Å². The van der Waals surface area contributed by atoms with Crippen molar-refractivity contribution in [2.24, 2.45) is 5.10 Å². The number of halogens is 1. The lowest BCUT2D eigenvalue weighted by Gasteiger charge is -2.11. The molecule has 0 spiro atoms. The number of thioether (sulfide) groups is 1. The number of hydrazone groups is 1. The summed E-state index contributed by atoms with van der Waals surface area (Å²) in [5.74, 6) is 0.633. The first kappa shape index (κ1) is 18.2. The molecule has 1 aromatic carbocycles. The van der Waals surface area contributed by atoms with Crippen molar-refractivity contribution in [3.05, 3.63) is 46.6 Å². The summed E-state index contributed by atoms with van der Waals surface area (Å²) in [4.78, 5) is 22.4. The van der Waals surface area contributed by atoms with Crippen molar-refractivity contribution in [3.63, 3.8) is 0 Å². The van der Waals surface area contributed by atoms with Crippen LogP contribution in [0.15, 0.2) is 40.5 Å². The Labute approximate surface area is 150 Å². The van der Waals surface area contributed by atoms with Crippen LogP contribution in [0.5, 0.6) is 0 Å². The van der Waals surface area contributed by atoms with Gasteiger partial charge in [-0.2, -0.15) is 5.10 Å². The molecule has 2 aromatic rings. The number of hydrogen-bond donors (Lipinski definition) is 1. The third-order valence-electron chi connectivity index (χ3n) is 2.82. The number of aromatic nitrogens is 2. The molecule has 0 aliphatic heterocycles. The molecule has 0 saturated carbocycles. The summed E-state index contributed by atoms with van der Waals surface area (Å²) in [6, 6.07) is 9.06. The Balaban J connectivity index is 1.87. The average Bonchev–Trinajstić information content (AvgIpc) is 2.52.